The van der Waals surface area contributed by atoms with Crippen molar-refractivity contribution in [1.82, 2.24) is 29.6 Å². The van der Waals surface area contributed by atoms with Crippen LogP contribution in [0.1, 0.15) is 48.6 Å². The third-order valence-corrected chi connectivity index (χ3v) is 6.46. The van der Waals surface area contributed by atoms with Gasteiger partial charge in [-0.05, 0) is 38.1 Å². The van der Waals surface area contributed by atoms with E-state index in [4.69, 9.17) is 4.52 Å². The van der Waals surface area contributed by atoms with Crippen LogP contribution in [0.15, 0.2) is 46.0 Å². The molecule has 0 saturated carbocycles. The first-order valence-electron chi connectivity index (χ1n) is 12.2. The van der Waals surface area contributed by atoms with Crippen LogP contribution in [0.4, 0.5) is 5.82 Å². The van der Waals surface area contributed by atoms with Crippen molar-refractivity contribution in [3.63, 3.8) is 0 Å². The van der Waals surface area contributed by atoms with Crippen LogP contribution in [0.3, 0.4) is 0 Å². The molecule has 4 aromatic rings. The lowest BCUT2D eigenvalue weighted by atomic mass is 10.1. The standard InChI is InChI=1S/C26H29N7O3/c1-5-31-15-20(22(34)19-8-6-17(4)28-24(19)31)26(35)33-12-10-32(11-13-33)21-9-7-18(14-27-21)23-29-25(16(2)3)36-30-23/h6-9,14-16H,5,10-13H2,1-4H3. The number of aryl methyl sites for hydroxylation is 2. The fourth-order valence-electron chi connectivity index (χ4n) is 4.35. The molecule has 0 unspecified atom stereocenters. The zero-order valence-electron chi connectivity index (χ0n) is 20.9. The molecule has 1 saturated heterocycles. The Labute approximate surface area is 208 Å². The first kappa shape index (κ1) is 23.7. The Morgan fingerprint density at radius 1 is 1.08 bits per heavy atom. The predicted octanol–water partition coefficient (Wildman–Crippen LogP) is 3.26. The van der Waals surface area contributed by atoms with Gasteiger partial charge in [0.15, 0.2) is 0 Å². The van der Waals surface area contributed by atoms with Gasteiger partial charge in [-0.1, -0.05) is 19.0 Å². The molecule has 0 radical (unpaired) electrons. The van der Waals surface area contributed by atoms with E-state index in [1.54, 1.807) is 29.4 Å². The van der Waals surface area contributed by atoms with Gasteiger partial charge in [0.05, 0.1) is 5.39 Å². The smallest absolute Gasteiger partial charge is 0.259 e. The summed E-state index contributed by atoms with van der Waals surface area (Å²) >= 11 is 0. The van der Waals surface area contributed by atoms with Gasteiger partial charge in [-0.25, -0.2) is 9.97 Å². The number of carbonyl (C=O) groups excluding carboxylic acids is 1. The Bertz CT molecular complexity index is 1470. The summed E-state index contributed by atoms with van der Waals surface area (Å²) < 4.78 is 7.15. The van der Waals surface area contributed by atoms with Crippen molar-refractivity contribution < 1.29 is 9.32 Å². The Kier molecular flexibility index (Phi) is 6.26. The molecule has 5 rings (SSSR count). The second-order valence-electron chi connectivity index (χ2n) is 9.28. The molecule has 0 spiro atoms. The van der Waals surface area contributed by atoms with Crippen molar-refractivity contribution in [2.24, 2.45) is 0 Å². The predicted molar refractivity (Wildman–Crippen MR) is 136 cm³/mol. The summed E-state index contributed by atoms with van der Waals surface area (Å²) in [4.78, 5) is 43.8. The maximum absolute atomic E-state index is 13.3. The molecule has 5 heterocycles. The fraction of sp³-hybridized carbons (Fsp3) is 0.385. The molecule has 0 atom stereocenters. The number of aromatic nitrogens is 5. The monoisotopic (exact) mass is 487 g/mol. The molecule has 1 aliphatic rings. The van der Waals surface area contributed by atoms with Gasteiger partial charge in [0.1, 0.15) is 17.0 Å². The summed E-state index contributed by atoms with van der Waals surface area (Å²) in [5.41, 5.74) is 2.15. The van der Waals surface area contributed by atoms with Crippen LogP contribution in [-0.4, -0.2) is 61.7 Å². The lowest BCUT2D eigenvalue weighted by molar-refractivity contribution is 0.0744. The number of nitrogens with zero attached hydrogens (tertiary/aromatic N) is 7. The van der Waals surface area contributed by atoms with Crippen LogP contribution in [0.2, 0.25) is 0 Å². The number of fused-ring (bicyclic) bond motifs is 1. The van der Waals surface area contributed by atoms with Gasteiger partial charge < -0.3 is 18.9 Å². The minimum absolute atomic E-state index is 0.165. The molecule has 10 nitrogen and oxygen atoms in total. The SMILES string of the molecule is CCn1cc(C(=O)N2CCN(c3ccc(-c4noc(C(C)C)n4)cn3)CC2)c(=O)c2ccc(C)nc21. The minimum atomic E-state index is -0.269. The highest BCUT2D eigenvalue weighted by atomic mass is 16.5. The van der Waals surface area contributed by atoms with E-state index in [1.165, 1.54) is 0 Å². The molecule has 0 N–H and O–H groups in total. The summed E-state index contributed by atoms with van der Waals surface area (Å²) in [6.07, 6.45) is 3.38. The lowest BCUT2D eigenvalue weighted by Gasteiger charge is -2.35. The highest BCUT2D eigenvalue weighted by Crippen LogP contribution is 2.22. The summed E-state index contributed by atoms with van der Waals surface area (Å²) in [6, 6.07) is 7.41. The van der Waals surface area contributed by atoms with Gasteiger partial charge >= 0.3 is 0 Å². The number of carbonyl (C=O) groups is 1. The number of rotatable bonds is 5. The second-order valence-corrected chi connectivity index (χ2v) is 9.28. The number of hydrogen-bond acceptors (Lipinski definition) is 8. The number of piperazine rings is 1. The molecule has 0 aromatic carbocycles. The molecule has 0 bridgehead atoms. The summed E-state index contributed by atoms with van der Waals surface area (Å²) in [7, 11) is 0. The fourth-order valence-corrected chi connectivity index (χ4v) is 4.35. The maximum Gasteiger partial charge on any atom is 0.259 e. The van der Waals surface area contributed by atoms with Crippen LogP contribution in [0.25, 0.3) is 22.4 Å². The zero-order valence-corrected chi connectivity index (χ0v) is 20.9. The van der Waals surface area contributed by atoms with E-state index in [0.717, 1.165) is 17.1 Å². The Balaban J connectivity index is 1.29. The summed E-state index contributed by atoms with van der Waals surface area (Å²) in [6.45, 7) is 10.7. The van der Waals surface area contributed by atoms with E-state index >= 15 is 0 Å². The van der Waals surface area contributed by atoms with Gasteiger partial charge in [-0.3, -0.25) is 9.59 Å². The first-order chi connectivity index (χ1) is 17.4. The average molecular weight is 488 g/mol. The summed E-state index contributed by atoms with van der Waals surface area (Å²) in [5, 5.41) is 4.51. The van der Waals surface area contributed by atoms with Gasteiger partial charge in [0, 0.05) is 62.3 Å². The minimum Gasteiger partial charge on any atom is -0.353 e. The van der Waals surface area contributed by atoms with Crippen LogP contribution >= 0.6 is 0 Å². The molecule has 1 amide bonds. The number of pyridine rings is 3. The topological polar surface area (TPSA) is 110 Å². The van der Waals surface area contributed by atoms with E-state index in [2.05, 4.69) is 25.0 Å². The molecular formula is C26H29N7O3. The normalized spacial score (nSPS) is 14.1. The van der Waals surface area contributed by atoms with Crippen LogP contribution < -0.4 is 10.3 Å². The Morgan fingerprint density at radius 3 is 2.50 bits per heavy atom. The van der Waals surface area contributed by atoms with Crippen LogP contribution in [-0.2, 0) is 6.54 Å². The molecule has 36 heavy (non-hydrogen) atoms. The third-order valence-electron chi connectivity index (χ3n) is 6.46. The van der Waals surface area contributed by atoms with E-state index in [0.29, 0.717) is 55.5 Å². The second kappa shape index (κ2) is 9.52. The van der Waals surface area contributed by atoms with Gasteiger partial charge in [0.25, 0.3) is 5.91 Å². The van der Waals surface area contributed by atoms with Gasteiger partial charge in [-0.15, -0.1) is 0 Å². The zero-order chi connectivity index (χ0) is 25.4. The Morgan fingerprint density at radius 2 is 1.86 bits per heavy atom. The van der Waals surface area contributed by atoms with Crippen molar-refractivity contribution in [3.8, 4) is 11.4 Å². The van der Waals surface area contributed by atoms with Crippen LogP contribution in [0.5, 0.6) is 0 Å². The van der Waals surface area contributed by atoms with Gasteiger partial charge in [0.2, 0.25) is 17.1 Å². The van der Waals surface area contributed by atoms with Gasteiger partial charge in [-0.2, -0.15) is 4.98 Å². The average Bonchev–Trinajstić information content (AvgIpc) is 3.40. The number of anilines is 1. The number of amides is 1. The molecular weight excluding hydrogens is 458 g/mol. The highest BCUT2D eigenvalue weighted by Gasteiger charge is 2.26. The van der Waals surface area contributed by atoms with Crippen molar-refractivity contribution >= 4 is 22.8 Å². The first-order valence-corrected chi connectivity index (χ1v) is 12.2. The Hall–Kier alpha value is -4.08. The molecule has 10 heteroatoms. The quantitative estimate of drug-likeness (QED) is 0.422. The highest BCUT2D eigenvalue weighted by molar-refractivity contribution is 5.97. The van der Waals surface area contributed by atoms with Crippen LogP contribution in [0, 0.1) is 6.92 Å². The molecule has 1 aliphatic heterocycles. The molecule has 4 aromatic heterocycles. The van der Waals surface area contributed by atoms with Crippen molar-refractivity contribution in [3.05, 3.63) is 64.0 Å². The van der Waals surface area contributed by atoms with E-state index in [9.17, 15) is 9.59 Å². The van der Waals surface area contributed by atoms with Crippen molar-refractivity contribution in [2.45, 2.75) is 40.2 Å². The molecule has 0 aliphatic carbocycles. The third kappa shape index (κ3) is 4.34. The summed E-state index contributed by atoms with van der Waals surface area (Å²) in [5.74, 6) is 1.85. The van der Waals surface area contributed by atoms with E-state index in [1.807, 2.05) is 44.4 Å². The lowest BCUT2D eigenvalue weighted by Crippen LogP contribution is -2.49. The van der Waals surface area contributed by atoms with Crippen molar-refractivity contribution in [1.29, 1.82) is 0 Å². The molecule has 186 valence electrons. The van der Waals surface area contributed by atoms with E-state index in [-0.39, 0.29) is 22.8 Å². The molecule has 1 fully saturated rings. The largest absolute Gasteiger partial charge is 0.353 e. The number of hydrogen-bond donors (Lipinski definition) is 0. The maximum atomic E-state index is 13.3. The van der Waals surface area contributed by atoms with E-state index < -0.39 is 0 Å². The van der Waals surface area contributed by atoms with Crippen molar-refractivity contribution in [2.75, 3.05) is 31.1 Å².